The van der Waals surface area contributed by atoms with Crippen LogP contribution in [0, 0.1) is 0 Å². The molecule has 4 aromatic carbocycles. The van der Waals surface area contributed by atoms with Gasteiger partial charge in [-0.3, -0.25) is 0 Å². The molecule has 1 nitrogen and oxygen atoms in total. The van der Waals surface area contributed by atoms with Gasteiger partial charge < -0.3 is 4.90 Å². The topological polar surface area (TPSA) is 3.24 Å². The Morgan fingerprint density at radius 2 is 0.893 bits per heavy atom. The molecule has 1 aliphatic rings. The van der Waals surface area contributed by atoms with E-state index in [-0.39, 0.29) is 0 Å². The molecule has 0 saturated carbocycles. The number of rotatable bonds is 2. The molecule has 0 radical (unpaired) electrons. The molecule has 0 aromatic heterocycles. The third-order valence-electron chi connectivity index (χ3n) is 5.44. The second-order valence-electron chi connectivity index (χ2n) is 7.08. The first-order valence-corrected chi connectivity index (χ1v) is 9.62. The van der Waals surface area contributed by atoms with Gasteiger partial charge in [0.1, 0.15) is 0 Å². The highest BCUT2D eigenvalue weighted by atomic mass is 15.1. The van der Waals surface area contributed by atoms with Gasteiger partial charge in [0, 0.05) is 35.1 Å². The summed E-state index contributed by atoms with van der Waals surface area (Å²) in [5, 5.41) is 0. The molecule has 0 N–H and O–H groups in total. The summed E-state index contributed by atoms with van der Waals surface area (Å²) in [6.07, 6.45) is 0. The van der Waals surface area contributed by atoms with Gasteiger partial charge >= 0.3 is 0 Å². The number of para-hydroxylation sites is 2. The van der Waals surface area contributed by atoms with Crippen molar-refractivity contribution in [3.05, 3.63) is 131 Å². The Labute approximate surface area is 166 Å². The van der Waals surface area contributed by atoms with Crippen LogP contribution in [0.1, 0.15) is 22.3 Å². The maximum atomic E-state index is 2.29. The van der Waals surface area contributed by atoms with Crippen LogP contribution in [0.15, 0.2) is 109 Å². The Balaban J connectivity index is 1.94. The minimum absolute atomic E-state index is 1.23. The molecule has 0 amide bonds. The molecule has 1 heteroatoms. The summed E-state index contributed by atoms with van der Waals surface area (Å²) in [5.74, 6) is 0. The molecule has 28 heavy (non-hydrogen) atoms. The molecule has 5 rings (SSSR count). The van der Waals surface area contributed by atoms with Crippen molar-refractivity contribution in [2.24, 2.45) is 0 Å². The zero-order valence-electron chi connectivity index (χ0n) is 15.8. The fourth-order valence-electron chi connectivity index (χ4n) is 4.16. The molecule has 1 heterocycles. The molecule has 0 unspecified atom stereocenters. The van der Waals surface area contributed by atoms with E-state index in [0.717, 1.165) is 0 Å². The second-order valence-corrected chi connectivity index (χ2v) is 7.08. The van der Waals surface area contributed by atoms with Crippen LogP contribution in [0.25, 0.3) is 11.1 Å². The lowest BCUT2D eigenvalue weighted by atomic mass is 9.82. The van der Waals surface area contributed by atoms with Crippen molar-refractivity contribution >= 4 is 22.5 Å². The monoisotopic (exact) mass is 359 g/mol. The number of anilines is 2. The Morgan fingerprint density at radius 3 is 1.36 bits per heavy atom. The van der Waals surface area contributed by atoms with Crippen LogP contribution in [0.3, 0.4) is 0 Å². The van der Waals surface area contributed by atoms with Crippen molar-refractivity contribution in [2.45, 2.75) is 0 Å². The van der Waals surface area contributed by atoms with E-state index in [2.05, 4.69) is 121 Å². The first-order valence-electron chi connectivity index (χ1n) is 9.62. The van der Waals surface area contributed by atoms with Crippen molar-refractivity contribution in [1.82, 2.24) is 0 Å². The summed E-state index contributed by atoms with van der Waals surface area (Å²) in [7, 11) is 2.15. The lowest BCUT2D eigenvalue weighted by molar-refractivity contribution is 1.17. The largest absolute Gasteiger partial charge is 0.344 e. The lowest BCUT2D eigenvalue weighted by Gasteiger charge is -2.33. The molecule has 134 valence electrons. The molecule has 0 aliphatic carbocycles. The zero-order chi connectivity index (χ0) is 18.9. The van der Waals surface area contributed by atoms with E-state index in [9.17, 15) is 0 Å². The van der Waals surface area contributed by atoms with Gasteiger partial charge in [0.25, 0.3) is 0 Å². The van der Waals surface area contributed by atoms with E-state index in [0.29, 0.717) is 0 Å². The SMILES string of the molecule is CN1c2ccccc2C(=C(c2ccccc2)c2ccccc2)c2ccccc21. The summed E-state index contributed by atoms with van der Waals surface area (Å²) >= 11 is 0. The fraction of sp³-hybridized carbons (Fsp3) is 0.0370. The minimum Gasteiger partial charge on any atom is -0.344 e. The highest BCUT2D eigenvalue weighted by molar-refractivity contribution is 6.11. The van der Waals surface area contributed by atoms with Crippen molar-refractivity contribution < 1.29 is 0 Å². The van der Waals surface area contributed by atoms with Gasteiger partial charge in [-0.1, -0.05) is 97.1 Å². The molecule has 1 aliphatic heterocycles. The summed E-state index contributed by atoms with van der Waals surface area (Å²) in [4.78, 5) is 2.29. The number of nitrogens with zero attached hydrogens (tertiary/aromatic N) is 1. The molecular formula is C27H21N. The number of hydrogen-bond donors (Lipinski definition) is 0. The van der Waals surface area contributed by atoms with Gasteiger partial charge in [-0.05, 0) is 28.8 Å². The van der Waals surface area contributed by atoms with Gasteiger partial charge in [-0.15, -0.1) is 0 Å². The van der Waals surface area contributed by atoms with Crippen LogP contribution in [0.4, 0.5) is 11.4 Å². The molecule has 0 spiro atoms. The fourth-order valence-corrected chi connectivity index (χ4v) is 4.16. The Bertz CT molecular complexity index is 1070. The maximum absolute atomic E-state index is 2.29. The minimum atomic E-state index is 1.23. The summed E-state index contributed by atoms with van der Waals surface area (Å²) in [5.41, 5.74) is 10.0. The predicted octanol–water partition coefficient (Wildman–Crippen LogP) is 6.78. The third kappa shape index (κ3) is 2.64. The third-order valence-corrected chi connectivity index (χ3v) is 5.44. The van der Waals surface area contributed by atoms with Crippen LogP contribution >= 0.6 is 0 Å². The van der Waals surface area contributed by atoms with E-state index < -0.39 is 0 Å². The van der Waals surface area contributed by atoms with E-state index in [1.54, 1.807) is 0 Å². The molecule has 0 atom stereocenters. The van der Waals surface area contributed by atoms with Gasteiger partial charge in [0.2, 0.25) is 0 Å². The van der Waals surface area contributed by atoms with Crippen LogP contribution in [-0.4, -0.2) is 7.05 Å². The number of fused-ring (bicyclic) bond motifs is 2. The Morgan fingerprint density at radius 1 is 0.500 bits per heavy atom. The maximum Gasteiger partial charge on any atom is 0.0488 e. The van der Waals surface area contributed by atoms with E-state index in [4.69, 9.17) is 0 Å². The van der Waals surface area contributed by atoms with Crippen molar-refractivity contribution in [2.75, 3.05) is 11.9 Å². The molecular weight excluding hydrogens is 338 g/mol. The second kappa shape index (κ2) is 6.86. The summed E-state index contributed by atoms with van der Waals surface area (Å²) < 4.78 is 0. The predicted molar refractivity (Wildman–Crippen MR) is 119 cm³/mol. The summed E-state index contributed by atoms with van der Waals surface area (Å²) in [6.45, 7) is 0. The smallest absolute Gasteiger partial charge is 0.0488 e. The first kappa shape index (κ1) is 16.6. The van der Waals surface area contributed by atoms with Crippen LogP contribution < -0.4 is 4.90 Å². The van der Waals surface area contributed by atoms with Crippen molar-refractivity contribution in [1.29, 1.82) is 0 Å². The van der Waals surface area contributed by atoms with Gasteiger partial charge in [0.15, 0.2) is 0 Å². The van der Waals surface area contributed by atoms with Crippen LogP contribution in [-0.2, 0) is 0 Å². The van der Waals surface area contributed by atoms with Crippen LogP contribution in [0.5, 0.6) is 0 Å². The van der Waals surface area contributed by atoms with Gasteiger partial charge in [0.05, 0.1) is 0 Å². The Hall–Kier alpha value is -3.58. The summed E-state index contributed by atoms with van der Waals surface area (Å²) in [6, 6.07) is 38.8. The molecule has 0 fully saturated rings. The molecule has 4 aromatic rings. The van der Waals surface area contributed by atoms with Crippen LogP contribution in [0.2, 0.25) is 0 Å². The van der Waals surface area contributed by atoms with Gasteiger partial charge in [-0.2, -0.15) is 0 Å². The van der Waals surface area contributed by atoms with Crippen molar-refractivity contribution in [3.8, 4) is 0 Å². The number of hydrogen-bond acceptors (Lipinski definition) is 1. The standard InChI is InChI=1S/C27H21N/c1-28-24-18-10-8-16-22(24)27(23-17-9-11-19-25(23)28)26(20-12-4-2-5-13-20)21-14-6-3-7-15-21/h2-19H,1H3. The quantitative estimate of drug-likeness (QED) is 0.381. The average molecular weight is 359 g/mol. The zero-order valence-corrected chi connectivity index (χ0v) is 15.8. The average Bonchev–Trinajstić information content (AvgIpc) is 2.78. The lowest BCUT2D eigenvalue weighted by Crippen LogP contribution is -2.18. The molecule has 0 bridgehead atoms. The number of benzene rings is 4. The highest BCUT2D eigenvalue weighted by Gasteiger charge is 2.26. The molecule has 0 saturated heterocycles. The van der Waals surface area contributed by atoms with E-state index in [1.807, 2.05) is 0 Å². The van der Waals surface area contributed by atoms with E-state index >= 15 is 0 Å². The Kier molecular flexibility index (Phi) is 4.06. The highest BCUT2D eigenvalue weighted by Crippen LogP contribution is 2.48. The van der Waals surface area contributed by atoms with E-state index in [1.165, 1.54) is 44.8 Å². The normalized spacial score (nSPS) is 12.3. The first-order chi connectivity index (χ1) is 13.8. The van der Waals surface area contributed by atoms with Crippen molar-refractivity contribution in [3.63, 3.8) is 0 Å². The van der Waals surface area contributed by atoms with Gasteiger partial charge in [-0.25, -0.2) is 0 Å².